The minimum atomic E-state index is 0.803. The summed E-state index contributed by atoms with van der Waals surface area (Å²) in [7, 11) is 0. The third kappa shape index (κ3) is 3.71. The van der Waals surface area contributed by atoms with E-state index < -0.39 is 0 Å². The van der Waals surface area contributed by atoms with Gasteiger partial charge in [-0.1, -0.05) is 65.7 Å². The molecule has 29 heavy (non-hydrogen) atoms. The summed E-state index contributed by atoms with van der Waals surface area (Å²) in [6.45, 7) is 6.16. The van der Waals surface area contributed by atoms with E-state index in [9.17, 15) is 0 Å². The van der Waals surface area contributed by atoms with E-state index in [1.54, 1.807) is 0 Å². The lowest BCUT2D eigenvalue weighted by Crippen LogP contribution is -2.30. The van der Waals surface area contributed by atoms with Crippen molar-refractivity contribution in [3.05, 3.63) is 106 Å². The van der Waals surface area contributed by atoms with Gasteiger partial charge in [-0.3, -0.25) is 4.90 Å². The molecule has 2 heterocycles. The predicted molar refractivity (Wildman–Crippen MR) is 121 cm³/mol. The Hall–Kier alpha value is -2.55. The SMILES string of the molecule is Cc1ccc2c(c1)c1c(n2Cc2cccc(Cl)c2)CCN(Cc2ccccc2)C1. The first kappa shape index (κ1) is 18.5. The van der Waals surface area contributed by atoms with Crippen LogP contribution in [0, 0.1) is 6.92 Å². The van der Waals surface area contributed by atoms with E-state index in [2.05, 4.69) is 77.1 Å². The number of hydrogen-bond acceptors (Lipinski definition) is 1. The second kappa shape index (κ2) is 7.70. The van der Waals surface area contributed by atoms with Gasteiger partial charge in [0.1, 0.15) is 0 Å². The van der Waals surface area contributed by atoms with Crippen molar-refractivity contribution < 1.29 is 0 Å². The Labute approximate surface area is 177 Å². The number of nitrogens with zero attached hydrogens (tertiary/aromatic N) is 2. The first-order chi connectivity index (χ1) is 14.2. The topological polar surface area (TPSA) is 8.17 Å². The first-order valence-electron chi connectivity index (χ1n) is 10.3. The summed E-state index contributed by atoms with van der Waals surface area (Å²) in [6, 6.07) is 25.9. The molecule has 2 nitrogen and oxygen atoms in total. The Kier molecular flexibility index (Phi) is 4.91. The maximum atomic E-state index is 6.25. The van der Waals surface area contributed by atoms with E-state index in [4.69, 9.17) is 11.6 Å². The third-order valence-electron chi connectivity index (χ3n) is 5.97. The monoisotopic (exact) mass is 400 g/mol. The minimum Gasteiger partial charge on any atom is -0.340 e. The number of halogens is 1. The van der Waals surface area contributed by atoms with Crippen LogP contribution in [0.25, 0.3) is 10.9 Å². The van der Waals surface area contributed by atoms with Crippen LogP contribution in [-0.4, -0.2) is 16.0 Å². The molecule has 0 N–H and O–H groups in total. The van der Waals surface area contributed by atoms with E-state index in [1.165, 1.54) is 38.9 Å². The van der Waals surface area contributed by atoms with E-state index in [0.717, 1.165) is 37.6 Å². The van der Waals surface area contributed by atoms with Crippen LogP contribution in [0.1, 0.15) is 27.9 Å². The smallest absolute Gasteiger partial charge is 0.0489 e. The maximum absolute atomic E-state index is 6.25. The van der Waals surface area contributed by atoms with Gasteiger partial charge in [0.15, 0.2) is 0 Å². The molecule has 0 saturated heterocycles. The largest absolute Gasteiger partial charge is 0.340 e. The van der Waals surface area contributed by atoms with Crippen LogP contribution in [0.5, 0.6) is 0 Å². The molecule has 0 fully saturated rings. The molecular weight excluding hydrogens is 376 g/mol. The zero-order valence-electron chi connectivity index (χ0n) is 16.7. The summed E-state index contributed by atoms with van der Waals surface area (Å²) in [5, 5.41) is 2.21. The van der Waals surface area contributed by atoms with Crippen LogP contribution in [0.3, 0.4) is 0 Å². The average Bonchev–Trinajstić information content (AvgIpc) is 3.01. The fraction of sp³-hybridized carbons (Fsp3) is 0.231. The Morgan fingerprint density at radius 1 is 0.862 bits per heavy atom. The van der Waals surface area contributed by atoms with Crippen LogP contribution in [-0.2, 0) is 26.1 Å². The number of hydrogen-bond donors (Lipinski definition) is 0. The summed E-state index contributed by atoms with van der Waals surface area (Å²) in [6.07, 6.45) is 1.08. The second-order valence-corrected chi connectivity index (χ2v) is 8.54. The van der Waals surface area contributed by atoms with Crippen molar-refractivity contribution in [2.24, 2.45) is 0 Å². The van der Waals surface area contributed by atoms with Gasteiger partial charge in [-0.25, -0.2) is 0 Å². The molecule has 4 aromatic rings. The maximum Gasteiger partial charge on any atom is 0.0489 e. The molecule has 0 aliphatic carbocycles. The lowest BCUT2D eigenvalue weighted by Gasteiger charge is -2.28. The highest BCUT2D eigenvalue weighted by molar-refractivity contribution is 6.30. The Morgan fingerprint density at radius 2 is 1.69 bits per heavy atom. The zero-order valence-corrected chi connectivity index (χ0v) is 17.5. The Balaban J connectivity index is 1.53. The molecule has 0 spiro atoms. The quantitative estimate of drug-likeness (QED) is 0.395. The van der Waals surface area contributed by atoms with E-state index in [-0.39, 0.29) is 0 Å². The molecule has 3 heteroatoms. The molecule has 1 aromatic heterocycles. The molecular formula is C26H25ClN2. The molecule has 0 atom stereocenters. The predicted octanol–water partition coefficient (Wildman–Crippen LogP) is 6.21. The van der Waals surface area contributed by atoms with Crippen molar-refractivity contribution in [2.75, 3.05) is 6.54 Å². The standard InChI is InChI=1S/C26H25ClN2/c1-19-10-11-25-23(14-19)24-18-28(16-20-6-3-2-4-7-20)13-12-26(24)29(25)17-21-8-5-9-22(27)15-21/h2-11,14-15H,12-13,16-18H2,1H3. The molecule has 0 unspecified atom stereocenters. The fourth-order valence-corrected chi connectivity index (χ4v) is 4.81. The number of fused-ring (bicyclic) bond motifs is 3. The normalized spacial score (nSPS) is 14.3. The Bertz CT molecular complexity index is 1160. The molecule has 1 aliphatic rings. The molecule has 146 valence electrons. The van der Waals surface area contributed by atoms with Gasteiger partial charge in [0, 0.05) is 54.2 Å². The number of benzene rings is 3. The summed E-state index contributed by atoms with van der Waals surface area (Å²) >= 11 is 6.25. The summed E-state index contributed by atoms with van der Waals surface area (Å²) < 4.78 is 2.51. The second-order valence-electron chi connectivity index (χ2n) is 8.11. The number of aryl methyl sites for hydroxylation is 1. The molecule has 0 bridgehead atoms. The first-order valence-corrected chi connectivity index (χ1v) is 10.7. The molecule has 0 radical (unpaired) electrons. The van der Waals surface area contributed by atoms with Crippen LogP contribution in [0.2, 0.25) is 5.02 Å². The van der Waals surface area contributed by atoms with E-state index >= 15 is 0 Å². The van der Waals surface area contributed by atoms with Gasteiger partial charge >= 0.3 is 0 Å². The van der Waals surface area contributed by atoms with Gasteiger partial charge < -0.3 is 4.57 Å². The van der Waals surface area contributed by atoms with Crippen molar-refractivity contribution in [1.82, 2.24) is 9.47 Å². The summed E-state index contributed by atoms with van der Waals surface area (Å²) in [5.41, 5.74) is 8.27. The minimum absolute atomic E-state index is 0.803. The summed E-state index contributed by atoms with van der Waals surface area (Å²) in [4.78, 5) is 2.57. The lowest BCUT2D eigenvalue weighted by atomic mass is 10.0. The molecule has 5 rings (SSSR count). The van der Waals surface area contributed by atoms with E-state index in [1.807, 2.05) is 12.1 Å². The van der Waals surface area contributed by atoms with Crippen molar-refractivity contribution in [3.8, 4) is 0 Å². The van der Waals surface area contributed by atoms with Gasteiger partial charge in [0.05, 0.1) is 0 Å². The van der Waals surface area contributed by atoms with Crippen molar-refractivity contribution >= 4 is 22.5 Å². The highest BCUT2D eigenvalue weighted by Gasteiger charge is 2.24. The van der Waals surface area contributed by atoms with Crippen LogP contribution in [0.15, 0.2) is 72.8 Å². The van der Waals surface area contributed by atoms with Gasteiger partial charge in [-0.15, -0.1) is 0 Å². The van der Waals surface area contributed by atoms with Gasteiger partial charge in [0.2, 0.25) is 0 Å². The highest BCUT2D eigenvalue weighted by atomic mass is 35.5. The van der Waals surface area contributed by atoms with E-state index in [0.29, 0.717) is 0 Å². The van der Waals surface area contributed by atoms with Crippen molar-refractivity contribution in [3.63, 3.8) is 0 Å². The summed E-state index contributed by atoms with van der Waals surface area (Å²) in [5.74, 6) is 0. The van der Waals surface area contributed by atoms with Gasteiger partial charge in [0.25, 0.3) is 0 Å². The van der Waals surface area contributed by atoms with Crippen LogP contribution in [0.4, 0.5) is 0 Å². The Morgan fingerprint density at radius 3 is 2.52 bits per heavy atom. The molecule has 1 aliphatic heterocycles. The van der Waals surface area contributed by atoms with Gasteiger partial charge in [-0.2, -0.15) is 0 Å². The van der Waals surface area contributed by atoms with Crippen molar-refractivity contribution in [2.45, 2.75) is 33.0 Å². The fourth-order valence-electron chi connectivity index (χ4n) is 4.59. The lowest BCUT2D eigenvalue weighted by molar-refractivity contribution is 0.243. The zero-order chi connectivity index (χ0) is 19.8. The molecule has 0 saturated carbocycles. The highest BCUT2D eigenvalue weighted by Crippen LogP contribution is 2.33. The molecule has 0 amide bonds. The third-order valence-corrected chi connectivity index (χ3v) is 6.20. The van der Waals surface area contributed by atoms with Crippen molar-refractivity contribution in [1.29, 1.82) is 0 Å². The molecule has 3 aromatic carbocycles. The van der Waals surface area contributed by atoms with Crippen LogP contribution >= 0.6 is 11.6 Å². The number of rotatable bonds is 4. The number of aromatic nitrogens is 1. The average molecular weight is 401 g/mol. The van der Waals surface area contributed by atoms with Crippen LogP contribution < -0.4 is 0 Å². The van der Waals surface area contributed by atoms with Gasteiger partial charge in [-0.05, 0) is 47.9 Å².